The molecule has 0 radical (unpaired) electrons. The largest absolute Gasteiger partial charge is 0.342 e. The van der Waals surface area contributed by atoms with Gasteiger partial charge in [0.15, 0.2) is 0 Å². The molecule has 0 saturated heterocycles. The minimum atomic E-state index is -0.918. The Kier molecular flexibility index (Phi) is 2.14. The Morgan fingerprint density at radius 1 is 1.67 bits per heavy atom. The number of carbonyl (C=O) groups excluding carboxylic acids is 2. The number of rotatable bonds is 1. The molecule has 5 nitrogen and oxygen atoms in total. The summed E-state index contributed by atoms with van der Waals surface area (Å²) >= 11 is 5.08. The summed E-state index contributed by atoms with van der Waals surface area (Å²) in [5, 5.41) is -0.918. The Morgan fingerprint density at radius 2 is 2.25 bits per heavy atom. The van der Waals surface area contributed by atoms with Gasteiger partial charge in [-0.25, -0.2) is 13.9 Å². The van der Waals surface area contributed by atoms with E-state index in [1.54, 1.807) is 0 Å². The lowest BCUT2D eigenvalue weighted by Gasteiger charge is -1.91. The zero-order valence-electron chi connectivity index (χ0n) is 6.15. The van der Waals surface area contributed by atoms with Crippen LogP contribution in [0.2, 0.25) is 0 Å². The number of hydrogen-bond donors (Lipinski definition) is 0. The summed E-state index contributed by atoms with van der Waals surface area (Å²) in [6.45, 7) is 1.50. The summed E-state index contributed by atoms with van der Waals surface area (Å²) in [4.78, 5) is 31.9. The average Bonchev–Trinajstić information content (AvgIpc) is 2.25. The first-order valence-corrected chi connectivity index (χ1v) is 3.41. The maximum absolute atomic E-state index is 11.1. The van der Waals surface area contributed by atoms with Gasteiger partial charge in [0.1, 0.15) is 0 Å². The van der Waals surface area contributed by atoms with Crippen LogP contribution in [0, 0.1) is 6.92 Å². The van der Waals surface area contributed by atoms with E-state index >= 15 is 0 Å². The maximum Gasteiger partial charge on any atom is 0.342 e. The van der Waals surface area contributed by atoms with E-state index in [9.17, 15) is 14.4 Å². The number of aromatic nitrogens is 2. The second kappa shape index (κ2) is 2.94. The molecule has 0 fully saturated rings. The normalized spacial score (nSPS) is 9.83. The molecule has 0 aliphatic heterocycles. The zero-order valence-corrected chi connectivity index (χ0v) is 6.91. The molecule has 0 N–H and O–H groups in total. The molecule has 64 valence electrons. The number of halogens is 1. The van der Waals surface area contributed by atoms with Crippen molar-refractivity contribution in [3.05, 3.63) is 22.4 Å². The van der Waals surface area contributed by atoms with E-state index in [0.29, 0.717) is 16.7 Å². The van der Waals surface area contributed by atoms with Gasteiger partial charge in [0.2, 0.25) is 6.41 Å². The fraction of sp³-hybridized carbons (Fsp3) is 0.167. The van der Waals surface area contributed by atoms with Crippen molar-refractivity contribution in [2.45, 2.75) is 6.92 Å². The van der Waals surface area contributed by atoms with Crippen molar-refractivity contribution in [1.82, 2.24) is 9.13 Å². The van der Waals surface area contributed by atoms with Gasteiger partial charge in [0.05, 0.1) is 0 Å². The first kappa shape index (κ1) is 8.73. The van der Waals surface area contributed by atoms with Crippen LogP contribution in [0.25, 0.3) is 0 Å². The Labute approximate surface area is 72.2 Å². The number of imidazole rings is 1. The number of nitrogens with zero attached hydrogens (tertiary/aromatic N) is 2. The highest BCUT2D eigenvalue weighted by Crippen LogP contribution is 1.96. The molecule has 1 aromatic heterocycles. The van der Waals surface area contributed by atoms with Crippen LogP contribution >= 0.6 is 11.6 Å². The predicted octanol–water partition coefficient (Wildman–Crippen LogP) is 0.203. The molecule has 0 saturated carbocycles. The highest BCUT2D eigenvalue weighted by molar-refractivity contribution is 6.63. The monoisotopic (exact) mass is 188 g/mol. The van der Waals surface area contributed by atoms with Gasteiger partial charge < -0.3 is 0 Å². The Bertz CT molecular complexity index is 390. The minimum Gasteiger partial charge on any atom is -0.278 e. The van der Waals surface area contributed by atoms with Gasteiger partial charge in [-0.1, -0.05) is 0 Å². The molecule has 0 amide bonds. The quantitative estimate of drug-likeness (QED) is 0.467. The molecule has 12 heavy (non-hydrogen) atoms. The maximum atomic E-state index is 11.1. The predicted molar refractivity (Wildman–Crippen MR) is 42.2 cm³/mol. The van der Waals surface area contributed by atoms with Crippen molar-refractivity contribution >= 4 is 23.4 Å². The van der Waals surface area contributed by atoms with Gasteiger partial charge in [-0.05, 0) is 18.5 Å². The van der Waals surface area contributed by atoms with E-state index in [2.05, 4.69) is 0 Å². The van der Waals surface area contributed by atoms with E-state index in [1.165, 1.54) is 13.1 Å². The van der Waals surface area contributed by atoms with Gasteiger partial charge in [0, 0.05) is 11.9 Å². The summed E-state index contributed by atoms with van der Waals surface area (Å²) in [6.07, 6.45) is 1.54. The third kappa shape index (κ3) is 1.18. The van der Waals surface area contributed by atoms with Crippen molar-refractivity contribution in [2.75, 3.05) is 0 Å². The fourth-order valence-corrected chi connectivity index (χ4v) is 1.08. The lowest BCUT2D eigenvalue weighted by atomic mass is 10.5. The van der Waals surface area contributed by atoms with E-state index in [0.717, 1.165) is 4.57 Å². The van der Waals surface area contributed by atoms with Crippen molar-refractivity contribution in [3.63, 3.8) is 0 Å². The van der Waals surface area contributed by atoms with Crippen molar-refractivity contribution < 1.29 is 9.59 Å². The summed E-state index contributed by atoms with van der Waals surface area (Å²) in [7, 11) is 0. The second-order valence-corrected chi connectivity index (χ2v) is 2.48. The van der Waals surface area contributed by atoms with Gasteiger partial charge >= 0.3 is 11.1 Å². The molecule has 0 bridgehead atoms. The first-order chi connectivity index (χ1) is 5.57. The molecule has 1 heterocycles. The summed E-state index contributed by atoms with van der Waals surface area (Å²) < 4.78 is 1.45. The highest BCUT2D eigenvalue weighted by atomic mass is 35.5. The number of aryl methyl sites for hydroxylation is 1. The van der Waals surface area contributed by atoms with E-state index < -0.39 is 11.1 Å². The molecule has 0 spiro atoms. The number of hydrogen-bond acceptors (Lipinski definition) is 3. The van der Waals surface area contributed by atoms with Crippen LogP contribution in [0.5, 0.6) is 0 Å². The van der Waals surface area contributed by atoms with E-state index in [4.69, 9.17) is 11.6 Å². The van der Waals surface area contributed by atoms with Gasteiger partial charge in [-0.2, -0.15) is 0 Å². The first-order valence-electron chi connectivity index (χ1n) is 3.03. The van der Waals surface area contributed by atoms with Gasteiger partial charge in [-0.15, -0.1) is 0 Å². The van der Waals surface area contributed by atoms with Gasteiger partial charge in [0.25, 0.3) is 0 Å². The fourth-order valence-electron chi connectivity index (χ4n) is 0.870. The molecular formula is C6H5ClN2O3. The van der Waals surface area contributed by atoms with E-state index in [-0.39, 0.29) is 0 Å². The molecular weight excluding hydrogens is 184 g/mol. The SMILES string of the molecule is Cc1cn(C=O)c(=O)n1C(=O)Cl. The van der Waals surface area contributed by atoms with Crippen LogP contribution in [0.3, 0.4) is 0 Å². The Hall–Kier alpha value is -1.36. The summed E-state index contributed by atoms with van der Waals surface area (Å²) in [5.41, 5.74) is -0.422. The van der Waals surface area contributed by atoms with Gasteiger partial charge in [-0.3, -0.25) is 9.59 Å². The zero-order chi connectivity index (χ0) is 9.30. The van der Waals surface area contributed by atoms with Crippen molar-refractivity contribution in [3.8, 4) is 0 Å². The lowest BCUT2D eigenvalue weighted by molar-refractivity contribution is 0.260. The van der Waals surface area contributed by atoms with Crippen LogP contribution in [0.1, 0.15) is 5.69 Å². The molecule has 1 aromatic rings. The van der Waals surface area contributed by atoms with Crippen LogP contribution in [-0.4, -0.2) is 20.9 Å². The molecule has 6 heteroatoms. The van der Waals surface area contributed by atoms with Crippen LogP contribution in [-0.2, 0) is 4.79 Å². The standard InChI is InChI=1S/C6H5ClN2O3/c1-4-2-8(3-10)6(12)9(4)5(7)11/h2-3H,1H3. The average molecular weight is 189 g/mol. The molecule has 0 unspecified atom stereocenters. The van der Waals surface area contributed by atoms with Crippen LogP contribution in [0.15, 0.2) is 11.0 Å². The van der Waals surface area contributed by atoms with Crippen LogP contribution in [0.4, 0.5) is 4.79 Å². The Morgan fingerprint density at radius 3 is 2.50 bits per heavy atom. The van der Waals surface area contributed by atoms with Crippen molar-refractivity contribution in [2.24, 2.45) is 0 Å². The second-order valence-electron chi connectivity index (χ2n) is 2.15. The topological polar surface area (TPSA) is 61.1 Å². The third-order valence-corrected chi connectivity index (χ3v) is 1.55. The summed E-state index contributed by atoms with van der Waals surface area (Å²) in [6, 6.07) is 0. The number of carbonyl (C=O) groups is 2. The highest BCUT2D eigenvalue weighted by Gasteiger charge is 2.11. The Balaban J connectivity index is 3.49. The molecule has 0 atom stereocenters. The molecule has 1 rings (SSSR count). The van der Waals surface area contributed by atoms with Crippen molar-refractivity contribution in [1.29, 1.82) is 0 Å². The third-order valence-electron chi connectivity index (χ3n) is 1.38. The summed E-state index contributed by atoms with van der Waals surface area (Å²) in [5.74, 6) is 0. The molecule has 0 aliphatic carbocycles. The molecule has 0 aliphatic rings. The van der Waals surface area contributed by atoms with Crippen LogP contribution < -0.4 is 5.69 Å². The smallest absolute Gasteiger partial charge is 0.278 e. The lowest BCUT2D eigenvalue weighted by Crippen LogP contribution is -2.26. The van der Waals surface area contributed by atoms with E-state index in [1.807, 2.05) is 0 Å². The minimum absolute atomic E-state index is 0.311. The molecule has 0 aromatic carbocycles.